The van der Waals surface area contributed by atoms with Crippen molar-refractivity contribution in [2.75, 3.05) is 19.6 Å². The summed E-state index contributed by atoms with van der Waals surface area (Å²) < 4.78 is 0. The van der Waals surface area contributed by atoms with E-state index in [1.165, 1.54) is 0 Å². The summed E-state index contributed by atoms with van der Waals surface area (Å²) in [6.07, 6.45) is 2.73. The first-order valence-electron chi connectivity index (χ1n) is 3.22. The highest BCUT2D eigenvalue weighted by molar-refractivity contribution is 5.46. The van der Waals surface area contributed by atoms with Crippen molar-refractivity contribution in [2.45, 2.75) is 13.3 Å². The Bertz CT molecular complexity index is 66.1. The molecule has 0 aromatic heterocycles. The number of hydrogen-bond donors (Lipinski definition) is 2. The van der Waals surface area contributed by atoms with Crippen molar-refractivity contribution >= 4 is 6.41 Å². The molecule has 1 radical (unpaired) electrons. The van der Waals surface area contributed by atoms with Crippen molar-refractivity contribution in [1.82, 2.24) is 10.6 Å². The quantitative estimate of drug-likeness (QED) is 0.380. The van der Waals surface area contributed by atoms with E-state index in [0.717, 1.165) is 19.5 Å². The molecule has 0 aromatic carbocycles. The van der Waals surface area contributed by atoms with Crippen LogP contribution in [0.4, 0.5) is 0 Å². The second kappa shape index (κ2) is 7.43. The standard InChI is InChI=1S/C6H13N2O/c1-2-3-7-4-5-8-6-9/h7H,2-5H2,1H3,(H,8,9). The van der Waals surface area contributed by atoms with Gasteiger partial charge in [0.05, 0.1) is 0 Å². The van der Waals surface area contributed by atoms with E-state index in [2.05, 4.69) is 17.6 Å². The van der Waals surface area contributed by atoms with E-state index in [0.29, 0.717) is 6.54 Å². The monoisotopic (exact) mass is 129 g/mol. The molecule has 0 unspecified atom stereocenters. The first-order chi connectivity index (χ1) is 4.41. The Morgan fingerprint density at radius 3 is 2.67 bits per heavy atom. The van der Waals surface area contributed by atoms with Crippen LogP contribution in [0, 0.1) is 0 Å². The van der Waals surface area contributed by atoms with Gasteiger partial charge in [0.25, 0.3) is 0 Å². The summed E-state index contributed by atoms with van der Waals surface area (Å²) in [7, 11) is 0. The normalized spacial score (nSPS) is 9.00. The SMILES string of the molecule is CCCNCCN[C]=O. The molecule has 0 saturated carbocycles. The fourth-order valence-electron chi connectivity index (χ4n) is 0.504. The molecule has 0 atom stereocenters. The van der Waals surface area contributed by atoms with Crippen LogP contribution in [0.5, 0.6) is 0 Å². The Morgan fingerprint density at radius 2 is 2.11 bits per heavy atom. The van der Waals surface area contributed by atoms with Gasteiger partial charge < -0.3 is 10.6 Å². The molecule has 0 spiro atoms. The lowest BCUT2D eigenvalue weighted by atomic mass is 10.5. The number of hydrogen-bond acceptors (Lipinski definition) is 2. The summed E-state index contributed by atoms with van der Waals surface area (Å²) in [5.41, 5.74) is 0. The molecule has 0 fully saturated rings. The first-order valence-corrected chi connectivity index (χ1v) is 3.22. The summed E-state index contributed by atoms with van der Waals surface area (Å²) in [5, 5.41) is 5.57. The fourth-order valence-corrected chi connectivity index (χ4v) is 0.504. The van der Waals surface area contributed by atoms with E-state index in [1.54, 1.807) is 6.41 Å². The molecule has 1 amide bonds. The van der Waals surface area contributed by atoms with Crippen molar-refractivity contribution in [3.8, 4) is 0 Å². The molecule has 0 saturated heterocycles. The maximum absolute atomic E-state index is 9.57. The van der Waals surface area contributed by atoms with Crippen LogP contribution in [-0.2, 0) is 4.79 Å². The van der Waals surface area contributed by atoms with Gasteiger partial charge in [0.1, 0.15) is 0 Å². The van der Waals surface area contributed by atoms with Gasteiger partial charge >= 0.3 is 6.41 Å². The molecule has 0 aromatic rings. The summed E-state index contributed by atoms with van der Waals surface area (Å²) in [6, 6.07) is 0. The highest BCUT2D eigenvalue weighted by Gasteiger charge is 1.82. The number of carbonyl (C=O) groups excluding carboxylic acids is 1. The average Bonchev–Trinajstić information content (AvgIpc) is 1.89. The van der Waals surface area contributed by atoms with E-state index in [-0.39, 0.29) is 0 Å². The predicted molar refractivity (Wildman–Crippen MR) is 36.9 cm³/mol. The number of rotatable bonds is 6. The van der Waals surface area contributed by atoms with Gasteiger partial charge in [-0.2, -0.15) is 0 Å². The van der Waals surface area contributed by atoms with Crippen molar-refractivity contribution in [1.29, 1.82) is 0 Å². The smallest absolute Gasteiger partial charge is 0.309 e. The third-order valence-corrected chi connectivity index (χ3v) is 0.926. The number of amides is 1. The second-order valence-electron chi connectivity index (χ2n) is 1.78. The van der Waals surface area contributed by atoms with E-state index < -0.39 is 0 Å². The maximum Gasteiger partial charge on any atom is 0.309 e. The van der Waals surface area contributed by atoms with Gasteiger partial charge in [0, 0.05) is 13.1 Å². The highest BCUT2D eigenvalue weighted by Crippen LogP contribution is 1.66. The summed E-state index contributed by atoms with van der Waals surface area (Å²) in [5.74, 6) is 0. The summed E-state index contributed by atoms with van der Waals surface area (Å²) >= 11 is 0. The van der Waals surface area contributed by atoms with Crippen molar-refractivity contribution < 1.29 is 4.79 Å². The van der Waals surface area contributed by atoms with Gasteiger partial charge in [-0.25, -0.2) is 0 Å². The number of nitrogens with one attached hydrogen (secondary N) is 2. The molecule has 9 heavy (non-hydrogen) atoms. The van der Waals surface area contributed by atoms with Crippen LogP contribution < -0.4 is 10.6 Å². The van der Waals surface area contributed by atoms with Gasteiger partial charge in [-0.3, -0.25) is 4.79 Å². The van der Waals surface area contributed by atoms with Crippen LogP contribution in [-0.4, -0.2) is 26.0 Å². The van der Waals surface area contributed by atoms with Crippen molar-refractivity contribution in [3.63, 3.8) is 0 Å². The molecule has 0 aliphatic carbocycles. The molecule has 0 rings (SSSR count). The highest BCUT2D eigenvalue weighted by atomic mass is 16.1. The Hall–Kier alpha value is -0.570. The minimum absolute atomic E-state index is 0.670. The molecule has 0 aliphatic rings. The topological polar surface area (TPSA) is 41.1 Å². The first kappa shape index (κ1) is 8.43. The molecule has 53 valence electrons. The van der Waals surface area contributed by atoms with E-state index in [1.807, 2.05) is 0 Å². The van der Waals surface area contributed by atoms with Gasteiger partial charge in [-0.05, 0) is 13.0 Å². The van der Waals surface area contributed by atoms with E-state index in [4.69, 9.17) is 0 Å². The van der Waals surface area contributed by atoms with Gasteiger partial charge in [0.2, 0.25) is 0 Å². The zero-order valence-electron chi connectivity index (χ0n) is 5.74. The molecule has 0 heterocycles. The fraction of sp³-hybridized carbons (Fsp3) is 0.833. The molecule has 3 heteroatoms. The second-order valence-corrected chi connectivity index (χ2v) is 1.78. The lowest BCUT2D eigenvalue weighted by Crippen LogP contribution is -2.26. The predicted octanol–water partition coefficient (Wildman–Crippen LogP) is -0.357. The summed E-state index contributed by atoms with van der Waals surface area (Å²) in [4.78, 5) is 9.57. The summed E-state index contributed by atoms with van der Waals surface area (Å²) in [6.45, 7) is 4.62. The minimum Gasteiger partial charge on any atom is -0.347 e. The van der Waals surface area contributed by atoms with Crippen LogP contribution in [0.1, 0.15) is 13.3 Å². The van der Waals surface area contributed by atoms with Crippen molar-refractivity contribution in [3.05, 3.63) is 0 Å². The Kier molecular flexibility index (Phi) is 6.96. The van der Waals surface area contributed by atoms with Gasteiger partial charge in [-0.15, -0.1) is 0 Å². The third-order valence-electron chi connectivity index (χ3n) is 0.926. The maximum atomic E-state index is 9.57. The zero-order chi connectivity index (χ0) is 6.95. The average molecular weight is 129 g/mol. The van der Waals surface area contributed by atoms with Crippen LogP contribution in [0.3, 0.4) is 0 Å². The largest absolute Gasteiger partial charge is 0.347 e. The van der Waals surface area contributed by atoms with E-state index in [9.17, 15) is 4.79 Å². The zero-order valence-corrected chi connectivity index (χ0v) is 5.74. The van der Waals surface area contributed by atoms with E-state index >= 15 is 0 Å². The molecule has 3 nitrogen and oxygen atoms in total. The molecule has 0 aliphatic heterocycles. The lowest BCUT2D eigenvalue weighted by molar-refractivity contribution is 0.538. The van der Waals surface area contributed by atoms with Gasteiger partial charge in [0.15, 0.2) is 0 Å². The Labute approximate surface area is 55.8 Å². The third kappa shape index (κ3) is 7.43. The molecule has 0 bridgehead atoms. The van der Waals surface area contributed by atoms with Crippen LogP contribution in [0.15, 0.2) is 0 Å². The van der Waals surface area contributed by atoms with Crippen LogP contribution in [0.25, 0.3) is 0 Å². The molecular formula is C6H13N2O. The molecular weight excluding hydrogens is 116 g/mol. The van der Waals surface area contributed by atoms with Gasteiger partial charge in [-0.1, -0.05) is 6.92 Å². The minimum atomic E-state index is 0.670. The molecule has 2 N–H and O–H groups in total. The van der Waals surface area contributed by atoms with Crippen LogP contribution >= 0.6 is 0 Å². The van der Waals surface area contributed by atoms with Crippen molar-refractivity contribution in [2.24, 2.45) is 0 Å². The Balaban J connectivity index is 2.66. The Morgan fingerprint density at radius 1 is 1.33 bits per heavy atom. The lowest BCUT2D eigenvalue weighted by Gasteiger charge is -1.99. The van der Waals surface area contributed by atoms with Crippen LogP contribution in [0.2, 0.25) is 0 Å².